The third-order valence-electron chi connectivity index (χ3n) is 5.51. The minimum absolute atomic E-state index is 0. The van der Waals surface area contributed by atoms with Crippen LogP contribution >= 0.6 is 24.8 Å². The van der Waals surface area contributed by atoms with Gasteiger partial charge in [-0.3, -0.25) is 4.79 Å². The molecule has 0 saturated heterocycles. The number of rotatable bonds is 2. The van der Waals surface area contributed by atoms with Gasteiger partial charge in [0, 0.05) is 17.5 Å². The highest BCUT2D eigenvalue weighted by Crippen LogP contribution is 2.39. The average Bonchev–Trinajstić information content (AvgIpc) is 2.55. The van der Waals surface area contributed by atoms with Crippen LogP contribution in [0, 0.1) is 11.8 Å². The summed E-state index contributed by atoms with van der Waals surface area (Å²) in [4.78, 5) is 17.2. The van der Waals surface area contributed by atoms with E-state index in [0.717, 1.165) is 23.7 Å². The largest absolute Gasteiger partial charge is 0.347 e. The van der Waals surface area contributed by atoms with Crippen LogP contribution in [0.5, 0.6) is 0 Å². The van der Waals surface area contributed by atoms with Crippen molar-refractivity contribution in [3.63, 3.8) is 0 Å². The van der Waals surface area contributed by atoms with Gasteiger partial charge in [-0.05, 0) is 49.7 Å². The molecule has 0 spiro atoms. The molecule has 1 aromatic heterocycles. The smallest absolute Gasteiger partial charge is 0.270 e. The predicted octanol–water partition coefficient (Wildman–Crippen LogP) is 3.71. The maximum Gasteiger partial charge on any atom is 0.270 e. The molecule has 2 aromatic rings. The molecule has 0 aliphatic heterocycles. The van der Waals surface area contributed by atoms with Gasteiger partial charge in [-0.2, -0.15) is 0 Å². The van der Waals surface area contributed by atoms with Gasteiger partial charge in [0.2, 0.25) is 0 Å². The number of hydrogen-bond donors (Lipinski definition) is 2. The number of carbonyl (C=O) groups excluding carboxylic acids is 1. The van der Waals surface area contributed by atoms with Crippen molar-refractivity contribution in [1.82, 2.24) is 10.3 Å². The van der Waals surface area contributed by atoms with Crippen LogP contribution in [0.4, 0.5) is 0 Å². The molecule has 136 valence electrons. The number of pyridine rings is 1. The van der Waals surface area contributed by atoms with E-state index in [9.17, 15) is 4.79 Å². The summed E-state index contributed by atoms with van der Waals surface area (Å²) in [5.41, 5.74) is 7.54. The maximum atomic E-state index is 12.7. The van der Waals surface area contributed by atoms with Gasteiger partial charge < -0.3 is 11.1 Å². The van der Waals surface area contributed by atoms with Gasteiger partial charge in [0.1, 0.15) is 5.69 Å². The molecule has 4 nitrogen and oxygen atoms in total. The fourth-order valence-electron chi connectivity index (χ4n) is 4.44. The minimum Gasteiger partial charge on any atom is -0.347 e. The molecule has 2 saturated carbocycles. The molecule has 2 bridgehead atoms. The Balaban J connectivity index is 0.00000113. The second-order valence-corrected chi connectivity index (χ2v) is 7.07. The van der Waals surface area contributed by atoms with Crippen LogP contribution in [0.25, 0.3) is 10.9 Å². The molecule has 2 aliphatic rings. The number of nitrogens with zero attached hydrogens (tertiary/aromatic N) is 1. The summed E-state index contributed by atoms with van der Waals surface area (Å²) in [5.74, 6) is 1.01. The fourth-order valence-corrected chi connectivity index (χ4v) is 4.44. The van der Waals surface area contributed by atoms with E-state index in [1.165, 1.54) is 19.3 Å². The second-order valence-electron chi connectivity index (χ2n) is 7.07. The molecule has 0 radical (unpaired) electrons. The summed E-state index contributed by atoms with van der Waals surface area (Å²) in [6.07, 6.45) is 5.70. The van der Waals surface area contributed by atoms with Gasteiger partial charge in [0.05, 0.1) is 5.52 Å². The SMILES string of the molecule is Cl.Cl.NC1CC2CCCC(C1)C2NC(=O)c1ccc2ccccc2n1. The number of carbonyl (C=O) groups is 1. The Morgan fingerprint density at radius 3 is 2.44 bits per heavy atom. The topological polar surface area (TPSA) is 68.0 Å². The Morgan fingerprint density at radius 1 is 1.04 bits per heavy atom. The van der Waals surface area contributed by atoms with Gasteiger partial charge in [0.25, 0.3) is 5.91 Å². The van der Waals surface area contributed by atoms with E-state index in [2.05, 4.69) is 10.3 Å². The zero-order chi connectivity index (χ0) is 15.8. The minimum atomic E-state index is -0.0480. The van der Waals surface area contributed by atoms with E-state index in [1.54, 1.807) is 0 Å². The number of nitrogens with one attached hydrogen (secondary N) is 1. The number of benzene rings is 1. The first-order chi connectivity index (χ1) is 11.2. The number of aromatic nitrogens is 1. The highest BCUT2D eigenvalue weighted by Gasteiger charge is 2.40. The molecule has 4 rings (SSSR count). The lowest BCUT2D eigenvalue weighted by Gasteiger charge is -2.45. The summed E-state index contributed by atoms with van der Waals surface area (Å²) in [7, 11) is 0. The molecular weight excluding hydrogens is 357 g/mol. The van der Waals surface area contributed by atoms with Crippen molar-refractivity contribution in [2.75, 3.05) is 0 Å². The Bertz CT molecular complexity index is 725. The molecule has 2 atom stereocenters. The van der Waals surface area contributed by atoms with E-state index >= 15 is 0 Å². The first-order valence-electron chi connectivity index (χ1n) is 8.63. The Kier molecular flexibility index (Phi) is 6.66. The highest BCUT2D eigenvalue weighted by molar-refractivity contribution is 5.95. The van der Waals surface area contributed by atoms with Gasteiger partial charge in [-0.1, -0.05) is 30.7 Å². The lowest BCUT2D eigenvalue weighted by molar-refractivity contribution is 0.0752. The van der Waals surface area contributed by atoms with Crippen LogP contribution in [0.3, 0.4) is 0 Å². The standard InChI is InChI=1S/C19H23N3O.2ClH/c20-15-10-13-5-3-6-14(11-15)18(13)22-19(23)17-9-8-12-4-1-2-7-16(12)21-17;;/h1-2,4,7-9,13-15,18H,3,5-6,10-11,20H2,(H,22,23);2*1H. The maximum absolute atomic E-state index is 12.7. The molecule has 1 heterocycles. The Labute approximate surface area is 160 Å². The van der Waals surface area contributed by atoms with Crippen LogP contribution in [0.1, 0.15) is 42.6 Å². The predicted molar refractivity (Wildman–Crippen MR) is 106 cm³/mol. The van der Waals surface area contributed by atoms with Gasteiger partial charge in [-0.25, -0.2) is 4.98 Å². The van der Waals surface area contributed by atoms with Gasteiger partial charge in [0.15, 0.2) is 0 Å². The molecule has 6 heteroatoms. The number of amides is 1. The fraction of sp³-hybridized carbons (Fsp3) is 0.474. The molecule has 1 amide bonds. The van der Waals surface area contributed by atoms with Crippen molar-refractivity contribution in [1.29, 1.82) is 0 Å². The molecule has 1 aromatic carbocycles. The lowest BCUT2D eigenvalue weighted by atomic mass is 9.67. The second kappa shape index (κ2) is 8.35. The normalized spacial score (nSPS) is 27.7. The number of nitrogens with two attached hydrogens (primary N) is 1. The Morgan fingerprint density at radius 2 is 1.72 bits per heavy atom. The van der Waals surface area contributed by atoms with E-state index in [-0.39, 0.29) is 36.8 Å². The first-order valence-corrected chi connectivity index (χ1v) is 8.63. The van der Waals surface area contributed by atoms with E-state index in [4.69, 9.17) is 5.73 Å². The van der Waals surface area contributed by atoms with Gasteiger partial charge in [-0.15, -0.1) is 24.8 Å². The van der Waals surface area contributed by atoms with Crippen LogP contribution < -0.4 is 11.1 Å². The number of fused-ring (bicyclic) bond motifs is 3. The zero-order valence-corrected chi connectivity index (χ0v) is 15.7. The quantitative estimate of drug-likeness (QED) is 0.832. The summed E-state index contributed by atoms with van der Waals surface area (Å²) < 4.78 is 0. The summed E-state index contributed by atoms with van der Waals surface area (Å²) in [5, 5.41) is 4.33. The number of hydrogen-bond acceptors (Lipinski definition) is 3. The van der Waals surface area contributed by atoms with Crippen LogP contribution in [-0.2, 0) is 0 Å². The third kappa shape index (κ3) is 4.08. The van der Waals surface area contributed by atoms with Crippen molar-refractivity contribution in [2.45, 2.75) is 44.2 Å². The van der Waals surface area contributed by atoms with Crippen LogP contribution in [0.15, 0.2) is 36.4 Å². The van der Waals surface area contributed by atoms with Gasteiger partial charge >= 0.3 is 0 Å². The van der Waals surface area contributed by atoms with Crippen LogP contribution in [0.2, 0.25) is 0 Å². The lowest BCUT2D eigenvalue weighted by Crippen LogP contribution is -2.53. The van der Waals surface area contributed by atoms with Crippen molar-refractivity contribution in [2.24, 2.45) is 17.6 Å². The van der Waals surface area contributed by atoms with Crippen LogP contribution in [-0.4, -0.2) is 23.0 Å². The van der Waals surface area contributed by atoms with E-state index in [0.29, 0.717) is 23.6 Å². The molecular formula is C19H25Cl2N3O. The number of halogens is 2. The monoisotopic (exact) mass is 381 g/mol. The Hall–Kier alpha value is -1.36. The third-order valence-corrected chi connectivity index (χ3v) is 5.51. The van der Waals surface area contributed by atoms with Crippen molar-refractivity contribution < 1.29 is 4.79 Å². The molecule has 2 aliphatic carbocycles. The zero-order valence-electron chi connectivity index (χ0n) is 14.1. The molecule has 25 heavy (non-hydrogen) atoms. The van der Waals surface area contributed by atoms with Crippen molar-refractivity contribution in [3.8, 4) is 0 Å². The molecule has 3 N–H and O–H groups in total. The molecule has 2 fully saturated rings. The average molecular weight is 382 g/mol. The van der Waals surface area contributed by atoms with E-state index < -0.39 is 0 Å². The number of para-hydroxylation sites is 1. The van der Waals surface area contributed by atoms with Crippen molar-refractivity contribution in [3.05, 3.63) is 42.1 Å². The van der Waals surface area contributed by atoms with Crippen molar-refractivity contribution >= 4 is 41.6 Å². The first kappa shape index (κ1) is 20.0. The summed E-state index contributed by atoms with van der Waals surface area (Å²) in [6.45, 7) is 0. The van der Waals surface area contributed by atoms with E-state index in [1.807, 2.05) is 36.4 Å². The summed E-state index contributed by atoms with van der Waals surface area (Å²) in [6, 6.07) is 12.2. The highest BCUT2D eigenvalue weighted by atomic mass is 35.5. The molecule has 2 unspecified atom stereocenters. The summed E-state index contributed by atoms with van der Waals surface area (Å²) >= 11 is 0.